The van der Waals surface area contributed by atoms with Crippen molar-refractivity contribution in [2.45, 2.75) is 13.3 Å². The third-order valence-electron chi connectivity index (χ3n) is 1.17. The SMILES string of the molecule is C=C/C=C(/NC(=O)CC)C(=C)Cl. The van der Waals surface area contributed by atoms with Crippen molar-refractivity contribution in [1.82, 2.24) is 5.32 Å². The van der Waals surface area contributed by atoms with Crippen LogP contribution in [0.15, 0.2) is 36.0 Å². The van der Waals surface area contributed by atoms with Gasteiger partial charge in [-0.1, -0.05) is 37.8 Å². The maximum Gasteiger partial charge on any atom is 0.224 e. The molecule has 0 aromatic heterocycles. The highest BCUT2D eigenvalue weighted by Crippen LogP contribution is 2.08. The average molecular weight is 186 g/mol. The maximum atomic E-state index is 10.9. The van der Waals surface area contributed by atoms with E-state index in [0.29, 0.717) is 17.2 Å². The van der Waals surface area contributed by atoms with Crippen molar-refractivity contribution in [3.8, 4) is 0 Å². The molecule has 0 aliphatic heterocycles. The Labute approximate surface area is 77.6 Å². The van der Waals surface area contributed by atoms with Crippen LogP contribution in [0.4, 0.5) is 0 Å². The quantitative estimate of drug-likeness (QED) is 0.670. The molecule has 0 spiro atoms. The molecule has 0 fully saturated rings. The smallest absolute Gasteiger partial charge is 0.224 e. The maximum absolute atomic E-state index is 10.9. The molecule has 0 unspecified atom stereocenters. The van der Waals surface area contributed by atoms with Gasteiger partial charge in [0.05, 0.1) is 10.7 Å². The highest BCUT2D eigenvalue weighted by atomic mass is 35.5. The minimum Gasteiger partial charge on any atom is -0.325 e. The third-order valence-corrected chi connectivity index (χ3v) is 1.38. The van der Waals surface area contributed by atoms with E-state index >= 15 is 0 Å². The van der Waals surface area contributed by atoms with Crippen molar-refractivity contribution in [1.29, 1.82) is 0 Å². The van der Waals surface area contributed by atoms with Gasteiger partial charge in [-0.05, 0) is 6.08 Å². The van der Waals surface area contributed by atoms with Crippen molar-refractivity contribution in [3.05, 3.63) is 36.0 Å². The molecule has 0 aliphatic rings. The fraction of sp³-hybridized carbons (Fsp3) is 0.222. The van der Waals surface area contributed by atoms with Crippen LogP contribution in [0, 0.1) is 0 Å². The lowest BCUT2D eigenvalue weighted by Gasteiger charge is -2.05. The monoisotopic (exact) mass is 185 g/mol. The average Bonchev–Trinajstić information content (AvgIpc) is 2.03. The van der Waals surface area contributed by atoms with Gasteiger partial charge in [-0.25, -0.2) is 0 Å². The molecule has 2 nitrogen and oxygen atoms in total. The summed E-state index contributed by atoms with van der Waals surface area (Å²) in [5.74, 6) is -0.0927. The lowest BCUT2D eigenvalue weighted by Crippen LogP contribution is -2.21. The fourth-order valence-electron chi connectivity index (χ4n) is 0.556. The summed E-state index contributed by atoms with van der Waals surface area (Å²) in [4.78, 5) is 10.9. The van der Waals surface area contributed by atoms with E-state index in [2.05, 4.69) is 18.5 Å². The normalized spacial score (nSPS) is 10.7. The van der Waals surface area contributed by atoms with Crippen molar-refractivity contribution in [2.24, 2.45) is 0 Å². The summed E-state index contributed by atoms with van der Waals surface area (Å²) in [6.45, 7) is 8.75. The molecular formula is C9H12ClNO. The molecule has 0 atom stereocenters. The summed E-state index contributed by atoms with van der Waals surface area (Å²) in [6, 6.07) is 0. The Morgan fingerprint density at radius 3 is 2.58 bits per heavy atom. The first-order valence-corrected chi connectivity index (χ1v) is 3.97. The predicted octanol–water partition coefficient (Wildman–Crippen LogP) is 2.33. The Morgan fingerprint density at radius 1 is 1.67 bits per heavy atom. The Bertz CT molecular complexity index is 231. The van der Waals surface area contributed by atoms with Gasteiger partial charge in [-0.2, -0.15) is 0 Å². The van der Waals surface area contributed by atoms with Crippen molar-refractivity contribution in [3.63, 3.8) is 0 Å². The van der Waals surface area contributed by atoms with E-state index in [-0.39, 0.29) is 5.91 Å². The molecule has 0 aliphatic carbocycles. The van der Waals surface area contributed by atoms with Crippen LogP contribution < -0.4 is 5.32 Å². The van der Waals surface area contributed by atoms with E-state index in [9.17, 15) is 4.79 Å². The van der Waals surface area contributed by atoms with Gasteiger partial charge in [-0.15, -0.1) is 0 Å². The number of rotatable bonds is 4. The first-order valence-electron chi connectivity index (χ1n) is 3.59. The minimum absolute atomic E-state index is 0.0927. The van der Waals surface area contributed by atoms with Gasteiger partial charge in [0.2, 0.25) is 5.91 Å². The molecule has 1 N–H and O–H groups in total. The summed E-state index contributed by atoms with van der Waals surface area (Å²) < 4.78 is 0. The highest BCUT2D eigenvalue weighted by Gasteiger charge is 2.02. The van der Waals surface area contributed by atoms with E-state index in [0.717, 1.165) is 0 Å². The van der Waals surface area contributed by atoms with Crippen LogP contribution in [-0.4, -0.2) is 5.91 Å². The van der Waals surface area contributed by atoms with Crippen molar-refractivity contribution >= 4 is 17.5 Å². The second-order valence-corrected chi connectivity index (χ2v) is 2.58. The molecule has 1 amide bonds. The van der Waals surface area contributed by atoms with E-state index in [1.165, 1.54) is 0 Å². The van der Waals surface area contributed by atoms with Crippen LogP contribution >= 0.6 is 11.6 Å². The zero-order valence-electron chi connectivity index (χ0n) is 7.06. The summed E-state index contributed by atoms with van der Waals surface area (Å²) in [5, 5.41) is 2.89. The van der Waals surface area contributed by atoms with Crippen LogP contribution in [0.25, 0.3) is 0 Å². The number of carbonyl (C=O) groups is 1. The van der Waals surface area contributed by atoms with Crippen LogP contribution in [-0.2, 0) is 4.79 Å². The van der Waals surface area contributed by atoms with Gasteiger partial charge >= 0.3 is 0 Å². The number of hydrogen-bond donors (Lipinski definition) is 1. The summed E-state index contributed by atoms with van der Waals surface area (Å²) >= 11 is 5.60. The number of halogens is 1. The van der Waals surface area contributed by atoms with Crippen LogP contribution in [0.2, 0.25) is 0 Å². The highest BCUT2D eigenvalue weighted by molar-refractivity contribution is 6.31. The predicted molar refractivity (Wildman–Crippen MR) is 51.7 cm³/mol. The third kappa shape index (κ3) is 3.98. The standard InChI is InChI=1S/C9H12ClNO/c1-4-6-8(7(3)10)11-9(12)5-2/h4,6H,1,3,5H2,2H3,(H,11,12)/b8-6+. The Kier molecular flexibility index (Phi) is 5.13. The Morgan fingerprint density at radius 2 is 2.25 bits per heavy atom. The molecule has 3 heteroatoms. The van der Waals surface area contributed by atoms with Crippen LogP contribution in [0.1, 0.15) is 13.3 Å². The van der Waals surface area contributed by atoms with Gasteiger partial charge in [0.15, 0.2) is 0 Å². The molecular weight excluding hydrogens is 174 g/mol. The Hall–Kier alpha value is -1.02. The first kappa shape index (κ1) is 11.0. The summed E-state index contributed by atoms with van der Waals surface area (Å²) in [7, 11) is 0. The number of amides is 1. The van der Waals surface area contributed by atoms with Gasteiger partial charge in [-0.3, -0.25) is 4.79 Å². The van der Waals surface area contributed by atoms with Crippen molar-refractivity contribution in [2.75, 3.05) is 0 Å². The largest absolute Gasteiger partial charge is 0.325 e. The summed E-state index contributed by atoms with van der Waals surface area (Å²) in [5.41, 5.74) is 0.499. The molecule has 66 valence electrons. The molecule has 0 rings (SSSR count). The molecule has 0 bridgehead atoms. The molecule has 12 heavy (non-hydrogen) atoms. The Balaban J connectivity index is 4.34. The van der Waals surface area contributed by atoms with Gasteiger partial charge < -0.3 is 5.32 Å². The molecule has 0 saturated heterocycles. The van der Waals surface area contributed by atoms with Gasteiger partial charge in [0.25, 0.3) is 0 Å². The molecule has 0 radical (unpaired) electrons. The molecule has 0 aromatic carbocycles. The lowest BCUT2D eigenvalue weighted by atomic mass is 10.3. The second-order valence-electron chi connectivity index (χ2n) is 2.12. The molecule has 0 saturated carbocycles. The number of hydrogen-bond acceptors (Lipinski definition) is 1. The second kappa shape index (κ2) is 5.61. The molecule has 0 aromatic rings. The number of nitrogens with one attached hydrogen (secondary N) is 1. The molecule has 0 heterocycles. The minimum atomic E-state index is -0.0927. The van der Waals surface area contributed by atoms with Gasteiger partial charge in [0.1, 0.15) is 0 Å². The van der Waals surface area contributed by atoms with Gasteiger partial charge in [0, 0.05) is 6.42 Å². The zero-order chi connectivity index (χ0) is 9.56. The number of allylic oxidation sites excluding steroid dienone is 3. The number of carbonyl (C=O) groups excluding carboxylic acids is 1. The van der Waals surface area contributed by atoms with E-state index in [1.807, 2.05) is 0 Å². The summed E-state index contributed by atoms with van der Waals surface area (Å²) in [6.07, 6.45) is 3.56. The first-order chi connectivity index (χ1) is 5.61. The van der Waals surface area contributed by atoms with E-state index in [1.54, 1.807) is 19.1 Å². The zero-order valence-corrected chi connectivity index (χ0v) is 7.82. The van der Waals surface area contributed by atoms with E-state index in [4.69, 9.17) is 11.6 Å². The van der Waals surface area contributed by atoms with Crippen LogP contribution in [0.5, 0.6) is 0 Å². The van der Waals surface area contributed by atoms with Crippen LogP contribution in [0.3, 0.4) is 0 Å². The lowest BCUT2D eigenvalue weighted by molar-refractivity contribution is -0.120. The fourth-order valence-corrected chi connectivity index (χ4v) is 0.667. The topological polar surface area (TPSA) is 29.1 Å². The van der Waals surface area contributed by atoms with E-state index < -0.39 is 0 Å². The van der Waals surface area contributed by atoms with Crippen molar-refractivity contribution < 1.29 is 4.79 Å².